The summed E-state index contributed by atoms with van der Waals surface area (Å²) in [6, 6.07) is 16.9. The van der Waals surface area contributed by atoms with Crippen LogP contribution in [0.5, 0.6) is 0 Å². The third kappa shape index (κ3) is 4.92. The highest BCUT2D eigenvalue weighted by atomic mass is 16.2. The molecule has 128 valence electrons. The number of nitriles is 1. The fourth-order valence-corrected chi connectivity index (χ4v) is 2.40. The van der Waals surface area contributed by atoms with Crippen molar-refractivity contribution in [2.45, 2.75) is 26.3 Å². The summed E-state index contributed by atoms with van der Waals surface area (Å²) in [7, 11) is 0. The summed E-state index contributed by atoms with van der Waals surface area (Å²) in [5.41, 5.74) is 1.51. The van der Waals surface area contributed by atoms with E-state index in [0.29, 0.717) is 16.8 Å². The van der Waals surface area contributed by atoms with E-state index < -0.39 is 6.04 Å². The minimum atomic E-state index is -0.663. The average molecular weight is 335 g/mol. The first-order chi connectivity index (χ1) is 12.0. The van der Waals surface area contributed by atoms with Crippen LogP contribution in [0.4, 0.5) is 5.69 Å². The molecule has 0 heterocycles. The van der Waals surface area contributed by atoms with Crippen LogP contribution in [0.15, 0.2) is 54.6 Å². The molecule has 2 rings (SSSR count). The predicted molar refractivity (Wildman–Crippen MR) is 96.9 cm³/mol. The van der Waals surface area contributed by atoms with Crippen LogP contribution in [0.2, 0.25) is 0 Å². The van der Waals surface area contributed by atoms with Crippen molar-refractivity contribution in [3.8, 4) is 6.07 Å². The van der Waals surface area contributed by atoms with Crippen molar-refractivity contribution in [3.63, 3.8) is 0 Å². The number of hydrogen-bond acceptors (Lipinski definition) is 3. The van der Waals surface area contributed by atoms with E-state index in [-0.39, 0.29) is 17.7 Å². The first kappa shape index (κ1) is 18.2. The number of amides is 2. The molecule has 0 saturated carbocycles. The first-order valence-corrected chi connectivity index (χ1v) is 8.22. The molecule has 2 amide bonds. The molecule has 0 aliphatic rings. The fraction of sp³-hybridized carbons (Fsp3) is 0.250. The summed E-state index contributed by atoms with van der Waals surface area (Å²) in [5.74, 6) is -0.618. The van der Waals surface area contributed by atoms with Gasteiger partial charge in [-0.3, -0.25) is 9.59 Å². The number of anilines is 1. The standard InChI is InChI=1S/C20H21N3O2/c1-3-14(2)18(23-19(24)16-9-5-4-6-10-16)20(25)22-17-11-7-8-15(12-17)13-21/h4-12,14,18H,3H2,1-2H3,(H,22,25)(H,23,24)/t14-,18+/m1/s1. The molecule has 0 unspecified atom stereocenters. The lowest BCUT2D eigenvalue weighted by Gasteiger charge is -2.23. The van der Waals surface area contributed by atoms with Gasteiger partial charge >= 0.3 is 0 Å². The number of carbonyl (C=O) groups excluding carboxylic acids is 2. The maximum Gasteiger partial charge on any atom is 0.251 e. The summed E-state index contributed by atoms with van der Waals surface area (Å²) in [6.07, 6.45) is 0.741. The highest BCUT2D eigenvalue weighted by Gasteiger charge is 2.26. The molecular weight excluding hydrogens is 314 g/mol. The number of rotatable bonds is 6. The van der Waals surface area contributed by atoms with Crippen LogP contribution in [-0.4, -0.2) is 17.9 Å². The largest absolute Gasteiger partial charge is 0.340 e. The Balaban J connectivity index is 2.14. The summed E-state index contributed by atoms with van der Waals surface area (Å²) in [4.78, 5) is 25.1. The van der Waals surface area contributed by atoms with E-state index in [2.05, 4.69) is 10.6 Å². The maximum atomic E-state index is 12.7. The monoisotopic (exact) mass is 335 g/mol. The molecule has 0 spiro atoms. The number of benzene rings is 2. The Morgan fingerprint density at radius 2 is 1.84 bits per heavy atom. The summed E-state index contributed by atoms with van der Waals surface area (Å²) >= 11 is 0. The van der Waals surface area contributed by atoms with Gasteiger partial charge in [0.1, 0.15) is 6.04 Å². The summed E-state index contributed by atoms with van der Waals surface area (Å²) in [5, 5.41) is 14.6. The number of nitrogens with zero attached hydrogens (tertiary/aromatic N) is 1. The highest BCUT2D eigenvalue weighted by molar-refractivity contribution is 6.01. The van der Waals surface area contributed by atoms with E-state index in [1.807, 2.05) is 26.0 Å². The Hall–Kier alpha value is -3.13. The van der Waals surface area contributed by atoms with Crippen LogP contribution < -0.4 is 10.6 Å². The number of hydrogen-bond donors (Lipinski definition) is 2. The van der Waals surface area contributed by atoms with Gasteiger partial charge in [0.2, 0.25) is 5.91 Å². The first-order valence-electron chi connectivity index (χ1n) is 8.22. The highest BCUT2D eigenvalue weighted by Crippen LogP contribution is 2.14. The molecular formula is C20H21N3O2. The SMILES string of the molecule is CC[C@@H](C)[C@H](NC(=O)c1ccccc1)C(=O)Nc1cccc(C#N)c1. The second-order valence-corrected chi connectivity index (χ2v) is 5.88. The second kappa shape index (κ2) is 8.65. The van der Waals surface area contributed by atoms with Crippen LogP contribution in [0.1, 0.15) is 36.2 Å². The van der Waals surface area contributed by atoms with Crippen molar-refractivity contribution in [1.29, 1.82) is 5.26 Å². The maximum absolute atomic E-state index is 12.7. The molecule has 5 nitrogen and oxygen atoms in total. The van der Waals surface area contributed by atoms with Gasteiger partial charge in [-0.1, -0.05) is 44.5 Å². The third-order valence-electron chi connectivity index (χ3n) is 4.08. The average Bonchev–Trinajstić information content (AvgIpc) is 2.66. The molecule has 2 aromatic rings. The van der Waals surface area contributed by atoms with E-state index >= 15 is 0 Å². The van der Waals surface area contributed by atoms with E-state index in [1.165, 1.54) is 0 Å². The van der Waals surface area contributed by atoms with E-state index in [1.54, 1.807) is 48.5 Å². The molecule has 2 aromatic carbocycles. The zero-order valence-corrected chi connectivity index (χ0v) is 14.3. The van der Waals surface area contributed by atoms with Gasteiger partial charge in [0.15, 0.2) is 0 Å². The smallest absolute Gasteiger partial charge is 0.251 e. The zero-order chi connectivity index (χ0) is 18.2. The van der Waals surface area contributed by atoms with Gasteiger partial charge in [-0.05, 0) is 36.2 Å². The molecule has 0 radical (unpaired) electrons. The Kier molecular flexibility index (Phi) is 6.30. The zero-order valence-electron chi connectivity index (χ0n) is 14.3. The van der Waals surface area contributed by atoms with Crippen molar-refractivity contribution < 1.29 is 9.59 Å². The van der Waals surface area contributed by atoms with Crippen LogP contribution in [0, 0.1) is 17.2 Å². The quantitative estimate of drug-likeness (QED) is 0.849. The van der Waals surface area contributed by atoms with Gasteiger partial charge in [0.25, 0.3) is 5.91 Å². The second-order valence-electron chi connectivity index (χ2n) is 5.88. The molecule has 0 aliphatic carbocycles. The molecule has 25 heavy (non-hydrogen) atoms. The van der Waals surface area contributed by atoms with E-state index in [9.17, 15) is 9.59 Å². The molecule has 5 heteroatoms. The van der Waals surface area contributed by atoms with Gasteiger partial charge in [0, 0.05) is 11.3 Å². The lowest BCUT2D eigenvalue weighted by molar-refractivity contribution is -0.119. The minimum Gasteiger partial charge on any atom is -0.340 e. The van der Waals surface area contributed by atoms with Crippen LogP contribution >= 0.6 is 0 Å². The van der Waals surface area contributed by atoms with Crippen LogP contribution in [0.25, 0.3) is 0 Å². The van der Waals surface area contributed by atoms with Gasteiger partial charge in [-0.15, -0.1) is 0 Å². The Morgan fingerprint density at radius 3 is 2.48 bits per heavy atom. The molecule has 2 N–H and O–H groups in total. The predicted octanol–water partition coefficient (Wildman–Crippen LogP) is 3.34. The third-order valence-corrected chi connectivity index (χ3v) is 4.08. The lowest BCUT2D eigenvalue weighted by atomic mass is 9.97. The van der Waals surface area contributed by atoms with E-state index in [4.69, 9.17) is 5.26 Å². The van der Waals surface area contributed by atoms with Crippen molar-refractivity contribution in [3.05, 3.63) is 65.7 Å². The van der Waals surface area contributed by atoms with Gasteiger partial charge in [0.05, 0.1) is 11.6 Å². The lowest BCUT2D eigenvalue weighted by Crippen LogP contribution is -2.47. The van der Waals surface area contributed by atoms with Crippen molar-refractivity contribution in [1.82, 2.24) is 5.32 Å². The van der Waals surface area contributed by atoms with Gasteiger partial charge < -0.3 is 10.6 Å². The molecule has 0 aromatic heterocycles. The fourth-order valence-electron chi connectivity index (χ4n) is 2.40. The Bertz CT molecular complexity index is 781. The molecule has 0 aliphatic heterocycles. The van der Waals surface area contributed by atoms with Crippen LogP contribution in [0.3, 0.4) is 0 Å². The van der Waals surface area contributed by atoms with Gasteiger partial charge in [-0.25, -0.2) is 0 Å². The Morgan fingerprint density at radius 1 is 1.12 bits per heavy atom. The number of nitrogens with one attached hydrogen (secondary N) is 2. The van der Waals surface area contributed by atoms with Gasteiger partial charge in [-0.2, -0.15) is 5.26 Å². The minimum absolute atomic E-state index is 0.0354. The molecule has 2 atom stereocenters. The summed E-state index contributed by atoms with van der Waals surface area (Å²) < 4.78 is 0. The number of carbonyl (C=O) groups is 2. The van der Waals surface area contributed by atoms with E-state index in [0.717, 1.165) is 6.42 Å². The van der Waals surface area contributed by atoms with Crippen molar-refractivity contribution >= 4 is 17.5 Å². The molecule has 0 bridgehead atoms. The van der Waals surface area contributed by atoms with Crippen molar-refractivity contribution in [2.24, 2.45) is 5.92 Å². The Labute approximate surface area is 147 Å². The summed E-state index contributed by atoms with van der Waals surface area (Å²) in [6.45, 7) is 3.89. The van der Waals surface area contributed by atoms with Crippen molar-refractivity contribution in [2.75, 3.05) is 5.32 Å². The normalized spacial score (nSPS) is 12.5. The molecule has 0 fully saturated rings. The molecule has 0 saturated heterocycles. The topological polar surface area (TPSA) is 82.0 Å². The van der Waals surface area contributed by atoms with Crippen LogP contribution in [-0.2, 0) is 4.79 Å².